The highest BCUT2D eigenvalue weighted by molar-refractivity contribution is 9.10. The molecule has 224 valence electrons. The predicted molar refractivity (Wildman–Crippen MR) is 149 cm³/mol. The lowest BCUT2D eigenvalue weighted by Crippen LogP contribution is -2.49. The van der Waals surface area contributed by atoms with Crippen LogP contribution in [0.1, 0.15) is 68.3 Å². The van der Waals surface area contributed by atoms with Crippen LogP contribution in [0.25, 0.3) is 5.78 Å². The molecule has 2 atom stereocenters. The molecule has 1 spiro atoms. The zero-order valence-electron chi connectivity index (χ0n) is 23.5. The van der Waals surface area contributed by atoms with Gasteiger partial charge < -0.3 is 19.5 Å². The Morgan fingerprint density at radius 1 is 1.19 bits per heavy atom. The van der Waals surface area contributed by atoms with Crippen molar-refractivity contribution in [2.24, 2.45) is 5.92 Å². The Labute approximate surface area is 247 Å². The van der Waals surface area contributed by atoms with Crippen molar-refractivity contribution < 1.29 is 27.5 Å². The number of hydrogen-bond donors (Lipinski definition) is 1. The highest BCUT2D eigenvalue weighted by Crippen LogP contribution is 2.67. The van der Waals surface area contributed by atoms with Gasteiger partial charge in [-0.2, -0.15) is 22.7 Å². The van der Waals surface area contributed by atoms with Gasteiger partial charge in [-0.05, 0) is 92.6 Å². The van der Waals surface area contributed by atoms with E-state index in [0.717, 1.165) is 24.2 Å². The molecule has 10 nitrogen and oxygen atoms in total. The van der Waals surface area contributed by atoms with Gasteiger partial charge in [-0.1, -0.05) is 0 Å². The van der Waals surface area contributed by atoms with E-state index in [1.54, 1.807) is 9.47 Å². The quantitative estimate of drug-likeness (QED) is 0.427. The standard InChI is InChI=1S/C28H30BrF3N6O4/c1-14-11-15(28(30,31)32)5-6-18(14)33-19(39)13-37-21-16-12-17(16)27(20(21)22(40)38-24(37)34-23(29)35-38)7-9-36(10-8-27)25(41)42-26(2,3)4/h5-6,11,16-17H,7-10,12-13H2,1-4H3,(H,33,39). The van der Waals surface area contributed by atoms with E-state index in [-0.39, 0.29) is 51.8 Å². The maximum atomic E-state index is 13.9. The van der Waals surface area contributed by atoms with Crippen LogP contribution in [0, 0.1) is 12.8 Å². The van der Waals surface area contributed by atoms with Gasteiger partial charge in [0.2, 0.25) is 16.4 Å². The van der Waals surface area contributed by atoms with Crippen molar-refractivity contribution in [2.45, 2.75) is 76.6 Å². The van der Waals surface area contributed by atoms with Crippen LogP contribution in [0.5, 0.6) is 0 Å². The van der Waals surface area contributed by atoms with Crippen LogP contribution in [-0.2, 0) is 27.7 Å². The molecule has 1 aliphatic heterocycles. The van der Waals surface area contributed by atoms with Gasteiger partial charge in [-0.15, -0.1) is 5.10 Å². The first-order valence-electron chi connectivity index (χ1n) is 13.7. The summed E-state index contributed by atoms with van der Waals surface area (Å²) >= 11 is 3.25. The van der Waals surface area contributed by atoms with E-state index in [0.29, 0.717) is 31.5 Å². The number of aromatic nitrogens is 4. The van der Waals surface area contributed by atoms with Crippen LogP contribution in [0.2, 0.25) is 0 Å². The molecule has 1 saturated heterocycles. The number of carbonyl (C=O) groups excluding carboxylic acids is 2. The monoisotopic (exact) mass is 650 g/mol. The van der Waals surface area contributed by atoms with Crippen molar-refractivity contribution in [3.05, 3.63) is 55.7 Å². The van der Waals surface area contributed by atoms with Gasteiger partial charge in [0.25, 0.3) is 5.56 Å². The first-order valence-corrected chi connectivity index (χ1v) is 14.5. The third kappa shape index (κ3) is 4.77. The summed E-state index contributed by atoms with van der Waals surface area (Å²) in [6, 6.07) is 3.15. The number of rotatable bonds is 3. The Balaban J connectivity index is 1.33. The lowest BCUT2D eigenvalue weighted by molar-refractivity contribution is -0.137. The largest absolute Gasteiger partial charge is 0.444 e. The van der Waals surface area contributed by atoms with Crippen molar-refractivity contribution >= 4 is 39.4 Å². The van der Waals surface area contributed by atoms with Gasteiger partial charge in [0.05, 0.1) is 5.56 Å². The SMILES string of the molecule is Cc1cc(C(F)(F)F)ccc1NC(=O)Cn1c2c(c(=O)n3nc(Br)nc13)C1(CCN(C(=O)OC(C)(C)C)CC1)C1CC21. The minimum Gasteiger partial charge on any atom is -0.444 e. The molecule has 1 saturated carbocycles. The highest BCUT2D eigenvalue weighted by Gasteiger charge is 2.64. The number of hydrogen-bond acceptors (Lipinski definition) is 6. The van der Waals surface area contributed by atoms with Crippen LogP contribution in [-0.4, -0.2) is 54.8 Å². The topological polar surface area (TPSA) is 111 Å². The number of fused-ring (bicyclic) bond motifs is 6. The molecule has 3 aliphatic rings. The van der Waals surface area contributed by atoms with E-state index in [4.69, 9.17) is 4.74 Å². The predicted octanol–water partition coefficient (Wildman–Crippen LogP) is 5.01. The fraction of sp³-hybridized carbons (Fsp3) is 0.536. The van der Waals surface area contributed by atoms with E-state index in [1.165, 1.54) is 17.5 Å². The zero-order chi connectivity index (χ0) is 30.4. The molecule has 1 N–H and O–H groups in total. The lowest BCUT2D eigenvalue weighted by atomic mass is 9.71. The number of ether oxygens (including phenoxy) is 1. The molecule has 2 aliphatic carbocycles. The van der Waals surface area contributed by atoms with Crippen molar-refractivity contribution in [3.63, 3.8) is 0 Å². The van der Waals surface area contributed by atoms with Gasteiger partial charge in [0, 0.05) is 41.4 Å². The summed E-state index contributed by atoms with van der Waals surface area (Å²) in [7, 11) is 0. The molecule has 2 amide bonds. The van der Waals surface area contributed by atoms with Crippen molar-refractivity contribution in [3.8, 4) is 0 Å². The van der Waals surface area contributed by atoms with Crippen LogP contribution < -0.4 is 10.9 Å². The van der Waals surface area contributed by atoms with Crippen LogP contribution in [0.15, 0.2) is 27.7 Å². The molecule has 0 bridgehead atoms. The maximum Gasteiger partial charge on any atom is 0.416 e. The summed E-state index contributed by atoms with van der Waals surface area (Å²) in [5.74, 6) is -0.00806. The van der Waals surface area contributed by atoms with E-state index in [1.807, 2.05) is 20.8 Å². The minimum atomic E-state index is -4.49. The van der Waals surface area contributed by atoms with Crippen molar-refractivity contribution in [1.82, 2.24) is 24.1 Å². The highest BCUT2D eigenvalue weighted by atomic mass is 79.9. The molecule has 0 radical (unpaired) electrons. The third-order valence-electron chi connectivity index (χ3n) is 8.55. The number of carbonyl (C=O) groups is 2. The molecule has 42 heavy (non-hydrogen) atoms. The lowest BCUT2D eigenvalue weighted by Gasteiger charge is -2.41. The molecule has 2 aromatic heterocycles. The molecule has 2 unspecified atom stereocenters. The van der Waals surface area contributed by atoms with E-state index in [9.17, 15) is 27.6 Å². The molecule has 6 rings (SSSR count). The van der Waals surface area contributed by atoms with Crippen molar-refractivity contribution in [2.75, 3.05) is 18.4 Å². The average molecular weight is 651 g/mol. The molecule has 1 aromatic carbocycles. The minimum absolute atomic E-state index is 0.0573. The second kappa shape index (κ2) is 9.55. The molecule has 3 heterocycles. The Kier molecular flexibility index (Phi) is 6.52. The number of nitrogens with zero attached hydrogens (tertiary/aromatic N) is 5. The van der Waals surface area contributed by atoms with Crippen LogP contribution >= 0.6 is 15.9 Å². The summed E-state index contributed by atoms with van der Waals surface area (Å²) in [5.41, 5.74) is -0.271. The molecule has 3 aromatic rings. The van der Waals surface area contributed by atoms with Crippen LogP contribution in [0.4, 0.5) is 23.7 Å². The normalized spacial score (nSPS) is 20.9. The first kappa shape index (κ1) is 28.7. The fourth-order valence-electron chi connectivity index (χ4n) is 6.70. The molecule has 14 heteroatoms. The number of nitrogens with one attached hydrogen (secondary N) is 1. The van der Waals surface area contributed by atoms with Gasteiger partial charge in [-0.25, -0.2) is 4.79 Å². The van der Waals surface area contributed by atoms with Crippen LogP contribution in [0.3, 0.4) is 0 Å². The van der Waals surface area contributed by atoms with E-state index >= 15 is 0 Å². The number of anilines is 1. The summed E-state index contributed by atoms with van der Waals surface area (Å²) in [4.78, 5) is 46.0. The fourth-order valence-corrected chi connectivity index (χ4v) is 7.02. The first-order chi connectivity index (χ1) is 19.6. The number of halogens is 4. The van der Waals surface area contributed by atoms with Gasteiger partial charge in [0.1, 0.15) is 12.1 Å². The van der Waals surface area contributed by atoms with E-state index < -0.39 is 28.7 Å². The number of benzene rings is 1. The molecular formula is C28H30BrF3N6O4. The van der Waals surface area contributed by atoms with Gasteiger partial charge in [-0.3, -0.25) is 9.59 Å². The summed E-state index contributed by atoms with van der Waals surface area (Å²) in [5, 5.41) is 6.97. The summed E-state index contributed by atoms with van der Waals surface area (Å²) in [6.07, 6.45) is -2.87. The van der Waals surface area contributed by atoms with E-state index in [2.05, 4.69) is 31.3 Å². The number of aryl methyl sites for hydroxylation is 1. The second-order valence-electron chi connectivity index (χ2n) is 12.4. The molecular weight excluding hydrogens is 621 g/mol. The Morgan fingerprint density at radius 3 is 2.50 bits per heavy atom. The van der Waals surface area contributed by atoms with Gasteiger partial charge >= 0.3 is 12.3 Å². The summed E-state index contributed by atoms with van der Waals surface area (Å²) < 4.78 is 48.0. The smallest absolute Gasteiger partial charge is 0.416 e. The zero-order valence-corrected chi connectivity index (χ0v) is 25.1. The third-order valence-corrected chi connectivity index (χ3v) is 8.88. The maximum absolute atomic E-state index is 13.9. The number of amides is 2. The van der Waals surface area contributed by atoms with Crippen molar-refractivity contribution in [1.29, 1.82) is 0 Å². The molecule has 2 fully saturated rings. The Bertz CT molecular complexity index is 1680. The Morgan fingerprint density at radius 2 is 1.88 bits per heavy atom. The van der Waals surface area contributed by atoms with Gasteiger partial charge in [0.15, 0.2) is 0 Å². The number of piperidine rings is 1. The Hall–Kier alpha value is -3.42. The number of likely N-dealkylation sites (tertiary alicyclic amines) is 1. The second-order valence-corrected chi connectivity index (χ2v) is 13.1. The number of alkyl halides is 3. The summed E-state index contributed by atoms with van der Waals surface area (Å²) in [6.45, 7) is 7.61. The average Bonchev–Trinajstić information content (AvgIpc) is 3.51.